The van der Waals surface area contributed by atoms with Crippen molar-refractivity contribution in [2.45, 2.75) is 6.61 Å². The van der Waals surface area contributed by atoms with E-state index in [4.69, 9.17) is 9.47 Å². The third-order valence-corrected chi connectivity index (χ3v) is 4.65. The van der Waals surface area contributed by atoms with Gasteiger partial charge in [-0.05, 0) is 76.7 Å². The number of amides is 1. The lowest BCUT2D eigenvalue weighted by Crippen LogP contribution is -2.12. The monoisotopic (exact) mass is 429 g/mol. The number of ether oxygens (including phenoxy) is 2. The van der Waals surface area contributed by atoms with Crippen molar-refractivity contribution in [3.8, 4) is 11.4 Å². The molecule has 1 amide bonds. The summed E-state index contributed by atoms with van der Waals surface area (Å²) in [4.78, 5) is 24.7. The van der Waals surface area contributed by atoms with Crippen LogP contribution in [0.3, 0.4) is 0 Å². The summed E-state index contributed by atoms with van der Waals surface area (Å²) in [6.45, 7) is 0.0912. The normalized spacial score (nSPS) is 10.4. The van der Waals surface area contributed by atoms with Crippen molar-refractivity contribution in [2.75, 3.05) is 12.4 Å². The molecule has 0 unspecified atom stereocenters. The number of carbonyl (C=O) groups excluding carboxylic acids is 2. The minimum atomic E-state index is -0.449. The highest BCUT2D eigenvalue weighted by atomic mass is 16.5. The van der Waals surface area contributed by atoms with Gasteiger partial charge in [0.05, 0.1) is 18.4 Å². The maximum atomic E-state index is 12.4. The van der Waals surface area contributed by atoms with E-state index in [1.54, 1.807) is 79.9 Å². The summed E-state index contributed by atoms with van der Waals surface area (Å²) >= 11 is 0. The van der Waals surface area contributed by atoms with Crippen molar-refractivity contribution in [1.29, 1.82) is 0 Å². The van der Waals surface area contributed by atoms with Crippen molar-refractivity contribution in [3.05, 3.63) is 95.8 Å². The van der Waals surface area contributed by atoms with Crippen LogP contribution in [0.4, 0.5) is 5.69 Å². The first kappa shape index (κ1) is 20.7. The third kappa shape index (κ3) is 4.96. The van der Waals surface area contributed by atoms with Gasteiger partial charge in [-0.3, -0.25) is 4.79 Å². The Morgan fingerprint density at radius 3 is 2.22 bits per heavy atom. The predicted octanol–water partition coefficient (Wildman–Crippen LogP) is 3.28. The van der Waals surface area contributed by atoms with Gasteiger partial charge in [0.2, 0.25) is 0 Å². The summed E-state index contributed by atoms with van der Waals surface area (Å²) in [7, 11) is 1.58. The van der Waals surface area contributed by atoms with E-state index in [0.29, 0.717) is 22.6 Å². The molecule has 0 aliphatic rings. The van der Waals surface area contributed by atoms with Gasteiger partial charge in [-0.1, -0.05) is 12.1 Å². The second kappa shape index (κ2) is 9.52. The van der Waals surface area contributed by atoms with Gasteiger partial charge in [-0.2, -0.15) is 0 Å². The zero-order chi connectivity index (χ0) is 22.3. The summed E-state index contributed by atoms with van der Waals surface area (Å²) in [5.41, 5.74) is 3.08. The number of benzene rings is 3. The molecule has 0 bridgehead atoms. The molecule has 0 spiro atoms. The Morgan fingerprint density at radius 2 is 1.59 bits per heavy atom. The zero-order valence-corrected chi connectivity index (χ0v) is 17.1. The van der Waals surface area contributed by atoms with Crippen molar-refractivity contribution in [2.24, 2.45) is 0 Å². The van der Waals surface area contributed by atoms with Crippen LogP contribution in [-0.4, -0.2) is 39.2 Å². The lowest BCUT2D eigenvalue weighted by molar-refractivity contribution is 0.0472. The van der Waals surface area contributed by atoms with E-state index in [2.05, 4.69) is 20.8 Å². The highest BCUT2D eigenvalue weighted by Crippen LogP contribution is 2.16. The molecule has 0 saturated heterocycles. The van der Waals surface area contributed by atoms with Gasteiger partial charge in [0.25, 0.3) is 5.91 Å². The molecule has 1 heterocycles. The number of carbonyl (C=O) groups is 2. The molecule has 1 aromatic heterocycles. The van der Waals surface area contributed by atoms with Crippen LogP contribution >= 0.6 is 0 Å². The fraction of sp³-hybridized carbons (Fsp3) is 0.0870. The topological polar surface area (TPSA) is 108 Å². The van der Waals surface area contributed by atoms with Crippen molar-refractivity contribution >= 4 is 17.6 Å². The maximum Gasteiger partial charge on any atom is 0.338 e. The molecule has 3 aromatic carbocycles. The summed E-state index contributed by atoms with van der Waals surface area (Å²) in [6.07, 6.45) is 1.47. The van der Waals surface area contributed by atoms with E-state index in [1.807, 2.05) is 0 Å². The second-order valence-corrected chi connectivity index (χ2v) is 6.76. The third-order valence-electron chi connectivity index (χ3n) is 4.65. The first-order valence-corrected chi connectivity index (χ1v) is 9.67. The largest absolute Gasteiger partial charge is 0.497 e. The van der Waals surface area contributed by atoms with E-state index in [-0.39, 0.29) is 12.5 Å². The minimum absolute atomic E-state index is 0.0912. The molecule has 1 N–H and O–H groups in total. The average molecular weight is 429 g/mol. The maximum absolute atomic E-state index is 12.4. The van der Waals surface area contributed by atoms with Gasteiger partial charge in [-0.15, -0.1) is 5.10 Å². The molecule has 160 valence electrons. The fourth-order valence-corrected chi connectivity index (χ4v) is 2.89. The quantitative estimate of drug-likeness (QED) is 0.449. The number of aromatic nitrogens is 4. The van der Waals surface area contributed by atoms with E-state index in [1.165, 1.54) is 11.0 Å². The van der Waals surface area contributed by atoms with Crippen LogP contribution in [0, 0.1) is 0 Å². The van der Waals surface area contributed by atoms with Crippen LogP contribution in [0.2, 0.25) is 0 Å². The number of nitrogens with one attached hydrogen (secondary N) is 1. The lowest BCUT2D eigenvalue weighted by Gasteiger charge is -2.08. The van der Waals surface area contributed by atoms with Gasteiger partial charge < -0.3 is 14.8 Å². The Kier molecular flexibility index (Phi) is 6.17. The molecule has 9 nitrogen and oxygen atoms in total. The highest BCUT2D eigenvalue weighted by molar-refractivity contribution is 6.04. The number of nitrogens with zero attached hydrogens (tertiary/aromatic N) is 4. The molecule has 9 heteroatoms. The summed E-state index contributed by atoms with van der Waals surface area (Å²) < 4.78 is 12.0. The van der Waals surface area contributed by atoms with Crippen LogP contribution in [0.15, 0.2) is 79.1 Å². The molecule has 0 saturated carbocycles. The molecule has 4 aromatic rings. The van der Waals surface area contributed by atoms with Crippen LogP contribution in [-0.2, 0) is 11.3 Å². The predicted molar refractivity (Wildman–Crippen MR) is 116 cm³/mol. The van der Waals surface area contributed by atoms with E-state index in [9.17, 15) is 9.59 Å². The molecular formula is C23H19N5O4. The first-order valence-electron chi connectivity index (χ1n) is 9.67. The number of anilines is 1. The van der Waals surface area contributed by atoms with E-state index in [0.717, 1.165) is 11.3 Å². The number of tetrazole rings is 1. The Morgan fingerprint density at radius 1 is 0.906 bits per heavy atom. The smallest absolute Gasteiger partial charge is 0.338 e. The summed E-state index contributed by atoms with van der Waals surface area (Å²) in [5.74, 6) is 0.0290. The Hall–Kier alpha value is -4.53. The summed E-state index contributed by atoms with van der Waals surface area (Å²) in [6, 6.07) is 20.7. The van der Waals surface area contributed by atoms with E-state index >= 15 is 0 Å². The number of rotatable bonds is 7. The van der Waals surface area contributed by atoms with Crippen molar-refractivity contribution in [3.63, 3.8) is 0 Å². The fourth-order valence-electron chi connectivity index (χ4n) is 2.89. The van der Waals surface area contributed by atoms with Gasteiger partial charge >= 0.3 is 5.97 Å². The first-order chi connectivity index (χ1) is 15.6. The van der Waals surface area contributed by atoms with Gasteiger partial charge in [0, 0.05) is 11.3 Å². The molecule has 32 heavy (non-hydrogen) atoms. The van der Waals surface area contributed by atoms with Crippen LogP contribution in [0.25, 0.3) is 5.69 Å². The Balaban J connectivity index is 1.31. The standard InChI is InChI=1S/C23H19N5O4/c1-31-21-12-8-19(9-13-21)25-22(29)17-4-2-16(3-5-17)14-32-23(30)18-6-10-20(11-7-18)28-15-24-26-27-28/h2-13,15H,14H2,1H3,(H,25,29). The number of esters is 1. The molecule has 4 rings (SSSR count). The minimum Gasteiger partial charge on any atom is -0.497 e. The van der Waals surface area contributed by atoms with Gasteiger partial charge in [-0.25, -0.2) is 9.48 Å². The molecule has 0 fully saturated rings. The van der Waals surface area contributed by atoms with Crippen LogP contribution in [0.1, 0.15) is 26.3 Å². The Bertz CT molecular complexity index is 1190. The highest BCUT2D eigenvalue weighted by Gasteiger charge is 2.10. The Labute approximate surface area is 183 Å². The number of hydrogen-bond donors (Lipinski definition) is 1. The lowest BCUT2D eigenvalue weighted by atomic mass is 10.1. The second-order valence-electron chi connectivity index (χ2n) is 6.76. The SMILES string of the molecule is COc1ccc(NC(=O)c2ccc(COC(=O)c3ccc(-n4cnnn4)cc3)cc2)cc1. The van der Waals surface area contributed by atoms with Crippen LogP contribution in [0.5, 0.6) is 5.75 Å². The zero-order valence-electron chi connectivity index (χ0n) is 17.1. The molecule has 0 aliphatic heterocycles. The average Bonchev–Trinajstić information content (AvgIpc) is 3.38. The van der Waals surface area contributed by atoms with Crippen molar-refractivity contribution < 1.29 is 19.1 Å². The molecule has 0 radical (unpaired) electrons. The molecule has 0 aliphatic carbocycles. The number of hydrogen-bond acceptors (Lipinski definition) is 7. The van der Waals surface area contributed by atoms with E-state index < -0.39 is 5.97 Å². The molecule has 0 atom stereocenters. The number of methoxy groups -OCH3 is 1. The van der Waals surface area contributed by atoms with Gasteiger partial charge in [0.15, 0.2) is 0 Å². The van der Waals surface area contributed by atoms with Crippen molar-refractivity contribution in [1.82, 2.24) is 20.2 Å². The summed E-state index contributed by atoms with van der Waals surface area (Å²) in [5, 5.41) is 13.8. The molecular weight excluding hydrogens is 410 g/mol. The van der Waals surface area contributed by atoms with Gasteiger partial charge in [0.1, 0.15) is 18.7 Å². The van der Waals surface area contributed by atoms with Crippen LogP contribution < -0.4 is 10.1 Å².